The lowest BCUT2D eigenvalue weighted by Crippen LogP contribution is -2.49. The Morgan fingerprint density at radius 1 is 1.14 bits per heavy atom. The summed E-state index contributed by atoms with van der Waals surface area (Å²) in [6, 6.07) is 17.1. The molecular formula is C31H32Cl2N6O3. The van der Waals surface area contributed by atoms with Crippen LogP contribution in [0.15, 0.2) is 83.7 Å². The van der Waals surface area contributed by atoms with E-state index in [1.54, 1.807) is 36.4 Å². The average Bonchev–Trinajstić information content (AvgIpc) is 3.38. The third-order valence-electron chi connectivity index (χ3n) is 7.14. The van der Waals surface area contributed by atoms with Gasteiger partial charge < -0.3 is 20.3 Å². The zero-order valence-electron chi connectivity index (χ0n) is 23.5. The number of anilines is 1. The zero-order chi connectivity index (χ0) is 29.8. The number of benzene rings is 2. The van der Waals surface area contributed by atoms with Gasteiger partial charge in [-0.25, -0.2) is 10.2 Å². The number of carbonyl (C=O) groups excluding carboxylic acids is 2. The van der Waals surface area contributed by atoms with Gasteiger partial charge in [-0.05, 0) is 73.5 Å². The van der Waals surface area contributed by atoms with Gasteiger partial charge in [0, 0.05) is 36.4 Å². The van der Waals surface area contributed by atoms with Crippen molar-refractivity contribution in [3.05, 3.63) is 105 Å². The molecule has 3 amide bonds. The van der Waals surface area contributed by atoms with Crippen molar-refractivity contribution >= 4 is 46.9 Å². The van der Waals surface area contributed by atoms with Crippen LogP contribution in [-0.2, 0) is 4.79 Å². The number of aromatic nitrogens is 1. The number of nitrogens with zero attached hydrogens (tertiary/aromatic N) is 3. The molecule has 1 unspecified atom stereocenters. The molecule has 0 spiro atoms. The van der Waals surface area contributed by atoms with Gasteiger partial charge >= 0.3 is 6.03 Å². The van der Waals surface area contributed by atoms with Gasteiger partial charge in [-0.2, -0.15) is 0 Å². The van der Waals surface area contributed by atoms with E-state index in [9.17, 15) is 9.59 Å². The Labute approximate surface area is 255 Å². The maximum absolute atomic E-state index is 13.9. The number of carbonyl (C=O) groups is 2. The fourth-order valence-electron chi connectivity index (χ4n) is 5.10. The van der Waals surface area contributed by atoms with Crippen LogP contribution in [0.5, 0.6) is 5.75 Å². The maximum Gasteiger partial charge on any atom is 0.317 e. The van der Waals surface area contributed by atoms with Crippen molar-refractivity contribution in [2.24, 2.45) is 0 Å². The predicted octanol–water partition coefficient (Wildman–Crippen LogP) is 5.35. The first-order valence-corrected chi connectivity index (χ1v) is 14.4. The van der Waals surface area contributed by atoms with Crippen LogP contribution in [0.4, 0.5) is 10.5 Å². The van der Waals surface area contributed by atoms with Crippen LogP contribution in [-0.4, -0.2) is 54.6 Å². The molecule has 3 aromatic rings. The zero-order valence-corrected chi connectivity index (χ0v) is 25.0. The highest BCUT2D eigenvalue weighted by Crippen LogP contribution is 2.40. The van der Waals surface area contributed by atoms with Crippen LogP contribution in [0.25, 0.3) is 6.08 Å². The van der Waals surface area contributed by atoms with Crippen molar-refractivity contribution in [2.45, 2.75) is 25.9 Å². The second-order valence-corrected chi connectivity index (χ2v) is 10.8. The molecular weight excluding hydrogens is 575 g/mol. The number of methoxy groups -OCH3 is 1. The number of pyridine rings is 1. The number of urea groups is 1. The summed E-state index contributed by atoms with van der Waals surface area (Å²) >= 11 is 12.9. The molecule has 2 atom stereocenters. The molecule has 0 saturated heterocycles. The Hall–Kier alpha value is -4.05. The van der Waals surface area contributed by atoms with Gasteiger partial charge in [0.15, 0.2) is 0 Å². The third-order valence-corrected chi connectivity index (χ3v) is 7.67. The molecule has 9 nitrogen and oxygen atoms in total. The van der Waals surface area contributed by atoms with Crippen molar-refractivity contribution in [1.29, 1.82) is 0 Å². The van der Waals surface area contributed by atoms with Crippen molar-refractivity contribution in [2.75, 3.05) is 31.8 Å². The topological polar surface area (TPSA) is 98.8 Å². The molecule has 3 heterocycles. The molecule has 2 aromatic carbocycles. The molecule has 0 radical (unpaired) electrons. The van der Waals surface area contributed by atoms with E-state index in [1.807, 2.05) is 67.4 Å². The highest BCUT2D eigenvalue weighted by Gasteiger charge is 2.43. The summed E-state index contributed by atoms with van der Waals surface area (Å²) in [6.45, 7) is 4.80. The molecule has 2 aliphatic heterocycles. The van der Waals surface area contributed by atoms with Gasteiger partial charge in [0.05, 0.1) is 35.3 Å². The van der Waals surface area contributed by atoms with Crippen LogP contribution in [0.3, 0.4) is 0 Å². The van der Waals surface area contributed by atoms with Crippen LogP contribution < -0.4 is 25.8 Å². The summed E-state index contributed by atoms with van der Waals surface area (Å²) in [5.41, 5.74) is 8.01. The van der Waals surface area contributed by atoms with Gasteiger partial charge in [0.25, 0.3) is 0 Å². The van der Waals surface area contributed by atoms with Crippen molar-refractivity contribution in [3.8, 4) is 5.75 Å². The molecule has 3 N–H and O–H groups in total. The Kier molecular flexibility index (Phi) is 9.01. The predicted molar refractivity (Wildman–Crippen MR) is 165 cm³/mol. The second kappa shape index (κ2) is 12.9. The Balaban J connectivity index is 1.60. The minimum atomic E-state index is -0.783. The van der Waals surface area contributed by atoms with E-state index in [4.69, 9.17) is 27.9 Å². The normalized spacial score (nSPS) is 18.1. The largest absolute Gasteiger partial charge is 0.497 e. The lowest BCUT2D eigenvalue weighted by atomic mass is 9.94. The van der Waals surface area contributed by atoms with E-state index in [-0.39, 0.29) is 24.5 Å². The number of hydrogen-bond acceptors (Lipinski definition) is 6. The molecule has 42 heavy (non-hydrogen) atoms. The molecule has 11 heteroatoms. The maximum atomic E-state index is 13.9. The lowest BCUT2D eigenvalue weighted by Gasteiger charge is -2.33. The Morgan fingerprint density at radius 2 is 1.93 bits per heavy atom. The van der Waals surface area contributed by atoms with Crippen LogP contribution in [0.2, 0.25) is 10.0 Å². The molecule has 218 valence electrons. The number of hydrogen-bond donors (Lipinski definition) is 3. The van der Waals surface area contributed by atoms with Gasteiger partial charge in [0.1, 0.15) is 11.8 Å². The minimum Gasteiger partial charge on any atom is -0.497 e. The van der Waals surface area contributed by atoms with E-state index in [2.05, 4.69) is 21.0 Å². The second-order valence-electron chi connectivity index (χ2n) is 9.99. The van der Waals surface area contributed by atoms with Crippen LogP contribution >= 0.6 is 23.2 Å². The summed E-state index contributed by atoms with van der Waals surface area (Å²) in [4.78, 5) is 33.1. The fraction of sp³-hybridized carbons (Fsp3) is 0.258. The van der Waals surface area contributed by atoms with E-state index in [1.165, 1.54) is 0 Å². The van der Waals surface area contributed by atoms with Gasteiger partial charge in [-0.1, -0.05) is 41.4 Å². The summed E-state index contributed by atoms with van der Waals surface area (Å²) in [7, 11) is 1.62. The van der Waals surface area contributed by atoms with Crippen LogP contribution in [0, 0.1) is 0 Å². The van der Waals surface area contributed by atoms with Gasteiger partial charge in [-0.3, -0.25) is 14.8 Å². The first kappa shape index (κ1) is 29.4. The number of halogens is 2. The third kappa shape index (κ3) is 6.23. The summed E-state index contributed by atoms with van der Waals surface area (Å²) in [6.07, 6.45) is 3.70. The molecule has 1 aromatic heterocycles. The molecule has 2 aliphatic rings. The van der Waals surface area contributed by atoms with E-state index in [0.717, 1.165) is 33.9 Å². The average molecular weight is 608 g/mol. The lowest BCUT2D eigenvalue weighted by molar-refractivity contribution is -0.122. The minimum absolute atomic E-state index is 0.214. The van der Waals surface area contributed by atoms with Gasteiger partial charge in [-0.15, -0.1) is 0 Å². The number of ether oxygens (including phenoxy) is 1. The number of amides is 3. The quantitative estimate of drug-likeness (QED) is 0.335. The van der Waals surface area contributed by atoms with Crippen LogP contribution in [0.1, 0.15) is 31.1 Å². The number of hydrazine groups is 1. The summed E-state index contributed by atoms with van der Waals surface area (Å²) in [5, 5.41) is 8.71. The number of rotatable bonds is 7. The van der Waals surface area contributed by atoms with E-state index < -0.39 is 6.04 Å². The summed E-state index contributed by atoms with van der Waals surface area (Å²) < 4.78 is 5.32. The SMILES string of the molecule is CCNC(=O)N1CC2=C(/C(=C/c3ccc(OC)cc3)C1)N(c1ccc(Cl)cc1Cl)NC2C(=O)N[C@H](C)c1ccccn1. The molecule has 0 aliphatic carbocycles. The fourth-order valence-corrected chi connectivity index (χ4v) is 5.60. The Bertz CT molecular complexity index is 1530. The monoisotopic (exact) mass is 606 g/mol. The highest BCUT2D eigenvalue weighted by atomic mass is 35.5. The Morgan fingerprint density at radius 3 is 2.60 bits per heavy atom. The standard InChI is InChI=1S/C31H32Cl2N6O3/c1-4-34-31(41)38-17-21(15-20-8-11-23(42-3)12-9-20)29-24(18-38)28(30(40)36-19(2)26-7-5-6-14-35-26)37-39(29)27-13-10-22(32)16-25(27)33/h5-16,19,28,37H,4,17-18H2,1-3H3,(H,34,41)(H,36,40)/b21-15+/t19-,28?/m1/s1. The summed E-state index contributed by atoms with van der Waals surface area (Å²) in [5.74, 6) is 0.482. The van der Waals surface area contributed by atoms with E-state index in [0.29, 0.717) is 28.8 Å². The highest BCUT2D eigenvalue weighted by molar-refractivity contribution is 6.36. The molecule has 0 fully saturated rings. The molecule has 0 saturated carbocycles. The van der Waals surface area contributed by atoms with Crippen molar-refractivity contribution in [1.82, 2.24) is 25.9 Å². The molecule has 5 rings (SSSR count). The smallest absolute Gasteiger partial charge is 0.317 e. The van der Waals surface area contributed by atoms with E-state index >= 15 is 0 Å². The first-order chi connectivity index (χ1) is 20.3. The van der Waals surface area contributed by atoms with Gasteiger partial charge in [0.2, 0.25) is 5.91 Å². The molecule has 0 bridgehead atoms. The van der Waals surface area contributed by atoms with Crippen molar-refractivity contribution < 1.29 is 14.3 Å². The number of nitrogens with one attached hydrogen (secondary N) is 3. The van der Waals surface area contributed by atoms with Crippen molar-refractivity contribution in [3.63, 3.8) is 0 Å². The first-order valence-electron chi connectivity index (χ1n) is 13.6.